The minimum Gasteiger partial charge on any atom is -0.481 e. The molecule has 0 unspecified atom stereocenters. The van der Waals surface area contributed by atoms with Crippen LogP contribution in [0.5, 0.6) is 0 Å². The van der Waals surface area contributed by atoms with E-state index in [1.807, 2.05) is 31.3 Å². The van der Waals surface area contributed by atoms with Crippen LogP contribution in [0.3, 0.4) is 0 Å². The highest BCUT2D eigenvalue weighted by Crippen LogP contribution is 2.42. The number of carboxylic acids is 1. The van der Waals surface area contributed by atoms with Crippen molar-refractivity contribution in [2.75, 3.05) is 71.4 Å². The second kappa shape index (κ2) is 6.80. The van der Waals surface area contributed by atoms with E-state index in [4.69, 9.17) is 0 Å². The Morgan fingerprint density at radius 1 is 0.963 bits per heavy atom. The summed E-state index contributed by atoms with van der Waals surface area (Å²) in [6, 6.07) is 7.78. The van der Waals surface area contributed by atoms with Crippen LogP contribution < -0.4 is 4.90 Å². The van der Waals surface area contributed by atoms with E-state index in [9.17, 15) is 14.7 Å². The van der Waals surface area contributed by atoms with Gasteiger partial charge in [0.1, 0.15) is 5.41 Å². The molecule has 3 fully saturated rings. The molecule has 0 spiro atoms. The first-order valence-electron chi connectivity index (χ1n) is 9.64. The van der Waals surface area contributed by atoms with Crippen molar-refractivity contribution in [1.29, 1.82) is 0 Å². The third kappa shape index (κ3) is 3.19. The summed E-state index contributed by atoms with van der Waals surface area (Å²) in [5.41, 5.74) is 0.966. The van der Waals surface area contributed by atoms with Crippen molar-refractivity contribution in [2.45, 2.75) is 0 Å². The zero-order chi connectivity index (χ0) is 19.2. The second-order valence-corrected chi connectivity index (χ2v) is 8.38. The zero-order valence-electron chi connectivity index (χ0n) is 16.1. The van der Waals surface area contributed by atoms with Gasteiger partial charge in [-0.25, -0.2) is 0 Å². The SMILES string of the molecule is CN1CCN(c2ccc(C(=O)N3C[C@H]4CN(C)C[C@@]4(C(=O)O)C3)cc2)CC1. The molecule has 146 valence electrons. The van der Waals surface area contributed by atoms with Crippen LogP contribution in [0.25, 0.3) is 0 Å². The first-order valence-corrected chi connectivity index (χ1v) is 9.64. The van der Waals surface area contributed by atoms with Crippen LogP contribution >= 0.6 is 0 Å². The summed E-state index contributed by atoms with van der Waals surface area (Å²) in [5.74, 6) is -0.830. The average molecular weight is 372 g/mol. The average Bonchev–Trinajstić information content (AvgIpc) is 3.16. The lowest BCUT2D eigenvalue weighted by atomic mass is 9.81. The van der Waals surface area contributed by atoms with Gasteiger partial charge in [-0.1, -0.05) is 0 Å². The van der Waals surface area contributed by atoms with E-state index < -0.39 is 11.4 Å². The number of fused-ring (bicyclic) bond motifs is 1. The van der Waals surface area contributed by atoms with Crippen molar-refractivity contribution in [1.82, 2.24) is 14.7 Å². The third-order valence-corrected chi connectivity index (χ3v) is 6.48. The molecule has 3 saturated heterocycles. The second-order valence-electron chi connectivity index (χ2n) is 8.38. The number of likely N-dealkylation sites (N-methyl/N-ethyl adjacent to an activating group) is 1. The highest BCUT2D eigenvalue weighted by atomic mass is 16.4. The first kappa shape index (κ1) is 18.3. The Bertz CT molecular complexity index is 729. The van der Waals surface area contributed by atoms with Crippen molar-refractivity contribution in [3.8, 4) is 0 Å². The van der Waals surface area contributed by atoms with Gasteiger partial charge in [-0.15, -0.1) is 0 Å². The van der Waals surface area contributed by atoms with Crippen LogP contribution in [0.1, 0.15) is 10.4 Å². The Morgan fingerprint density at radius 3 is 2.22 bits per heavy atom. The molecular weight excluding hydrogens is 344 g/mol. The number of hydrogen-bond acceptors (Lipinski definition) is 5. The van der Waals surface area contributed by atoms with E-state index in [1.54, 1.807) is 4.90 Å². The fourth-order valence-corrected chi connectivity index (χ4v) is 4.84. The fourth-order valence-electron chi connectivity index (χ4n) is 4.84. The van der Waals surface area contributed by atoms with Gasteiger partial charge in [-0.2, -0.15) is 0 Å². The van der Waals surface area contributed by atoms with Gasteiger partial charge >= 0.3 is 5.97 Å². The van der Waals surface area contributed by atoms with E-state index in [0.717, 1.165) is 38.4 Å². The largest absolute Gasteiger partial charge is 0.481 e. The number of amides is 1. The minimum atomic E-state index is -0.815. The van der Waals surface area contributed by atoms with Crippen molar-refractivity contribution < 1.29 is 14.7 Å². The number of likely N-dealkylation sites (tertiary alicyclic amines) is 2. The van der Waals surface area contributed by atoms with E-state index >= 15 is 0 Å². The lowest BCUT2D eigenvalue weighted by molar-refractivity contribution is -0.148. The normalized spacial score (nSPS) is 29.2. The Labute approximate surface area is 160 Å². The number of benzene rings is 1. The van der Waals surface area contributed by atoms with Crippen LogP contribution in [0.4, 0.5) is 5.69 Å². The number of anilines is 1. The molecule has 0 aliphatic carbocycles. The van der Waals surface area contributed by atoms with Crippen LogP contribution in [0, 0.1) is 11.3 Å². The maximum Gasteiger partial charge on any atom is 0.313 e. The monoisotopic (exact) mass is 372 g/mol. The molecule has 1 aromatic carbocycles. The van der Waals surface area contributed by atoms with Crippen LogP contribution in [0.2, 0.25) is 0 Å². The Morgan fingerprint density at radius 2 is 1.63 bits per heavy atom. The first-order chi connectivity index (χ1) is 12.9. The number of hydrogen-bond donors (Lipinski definition) is 1. The molecular formula is C20H28N4O3. The van der Waals surface area contributed by atoms with E-state index in [2.05, 4.69) is 21.7 Å². The maximum absolute atomic E-state index is 13.0. The summed E-state index contributed by atoms with van der Waals surface area (Å²) < 4.78 is 0. The number of carbonyl (C=O) groups is 2. The minimum absolute atomic E-state index is 0.00793. The Kier molecular flexibility index (Phi) is 4.60. The quantitative estimate of drug-likeness (QED) is 0.835. The Balaban J connectivity index is 1.45. The fraction of sp³-hybridized carbons (Fsp3) is 0.600. The summed E-state index contributed by atoms with van der Waals surface area (Å²) in [6.07, 6.45) is 0. The summed E-state index contributed by atoms with van der Waals surface area (Å²) >= 11 is 0. The molecule has 7 nitrogen and oxygen atoms in total. The summed E-state index contributed by atoms with van der Waals surface area (Å²) in [4.78, 5) is 33.3. The molecule has 1 amide bonds. The van der Waals surface area contributed by atoms with Crippen LogP contribution in [-0.2, 0) is 4.79 Å². The number of piperazine rings is 1. The number of rotatable bonds is 3. The molecule has 7 heteroatoms. The Hall–Kier alpha value is -2.12. The van der Waals surface area contributed by atoms with Crippen molar-refractivity contribution in [2.24, 2.45) is 11.3 Å². The molecule has 0 radical (unpaired) electrons. The number of nitrogens with zero attached hydrogens (tertiary/aromatic N) is 4. The molecule has 0 bridgehead atoms. The molecule has 2 atom stereocenters. The molecule has 0 saturated carbocycles. The number of aliphatic carboxylic acids is 1. The maximum atomic E-state index is 13.0. The van der Waals surface area contributed by atoms with Gasteiger partial charge in [0, 0.05) is 69.5 Å². The van der Waals surface area contributed by atoms with E-state index in [-0.39, 0.29) is 11.8 Å². The molecule has 4 rings (SSSR count). The molecule has 0 aromatic heterocycles. The van der Waals surface area contributed by atoms with Gasteiger partial charge in [0.25, 0.3) is 5.91 Å². The standard InChI is InChI=1S/C20H28N4O3/c1-21-7-9-23(10-8-21)17-5-3-15(4-6-17)18(25)24-12-16-11-22(2)13-20(16,14-24)19(26)27/h3-6,16H,7-14H2,1-2H3,(H,26,27)/t16-,20-/m1/s1. The summed E-state index contributed by atoms with van der Waals surface area (Å²) in [6.45, 7) is 6.14. The zero-order valence-corrected chi connectivity index (χ0v) is 16.1. The lowest BCUT2D eigenvalue weighted by Gasteiger charge is -2.34. The van der Waals surface area contributed by atoms with E-state index in [0.29, 0.717) is 25.2 Å². The van der Waals surface area contributed by atoms with Crippen molar-refractivity contribution >= 4 is 17.6 Å². The van der Waals surface area contributed by atoms with Gasteiger partial charge in [0.15, 0.2) is 0 Å². The summed E-state index contributed by atoms with van der Waals surface area (Å²) in [7, 11) is 4.08. The number of carboxylic acid groups (broad SMARTS) is 1. The molecule has 3 heterocycles. The molecule has 3 aliphatic rings. The third-order valence-electron chi connectivity index (χ3n) is 6.48. The highest BCUT2D eigenvalue weighted by Gasteiger charge is 2.57. The predicted octanol–water partition coefficient (Wildman–Crippen LogP) is 0.527. The predicted molar refractivity (Wildman–Crippen MR) is 103 cm³/mol. The lowest BCUT2D eigenvalue weighted by Crippen LogP contribution is -2.44. The van der Waals surface area contributed by atoms with Crippen LogP contribution in [0.15, 0.2) is 24.3 Å². The van der Waals surface area contributed by atoms with E-state index in [1.165, 1.54) is 0 Å². The van der Waals surface area contributed by atoms with Gasteiger partial charge in [-0.05, 0) is 38.4 Å². The number of carbonyl (C=O) groups excluding carboxylic acids is 1. The topological polar surface area (TPSA) is 67.3 Å². The molecule has 3 aliphatic heterocycles. The van der Waals surface area contributed by atoms with Crippen LogP contribution in [-0.4, -0.2) is 98.1 Å². The summed E-state index contributed by atoms with van der Waals surface area (Å²) in [5, 5.41) is 9.79. The van der Waals surface area contributed by atoms with Crippen molar-refractivity contribution in [3.63, 3.8) is 0 Å². The van der Waals surface area contributed by atoms with Gasteiger partial charge < -0.3 is 24.7 Å². The van der Waals surface area contributed by atoms with Gasteiger partial charge in [0.2, 0.25) is 0 Å². The molecule has 27 heavy (non-hydrogen) atoms. The van der Waals surface area contributed by atoms with Gasteiger partial charge in [0.05, 0.1) is 0 Å². The molecule has 1 aromatic rings. The van der Waals surface area contributed by atoms with Crippen molar-refractivity contribution in [3.05, 3.63) is 29.8 Å². The molecule has 1 N–H and O–H groups in total. The van der Waals surface area contributed by atoms with Gasteiger partial charge in [-0.3, -0.25) is 9.59 Å². The highest BCUT2D eigenvalue weighted by molar-refractivity contribution is 5.95. The smallest absolute Gasteiger partial charge is 0.313 e.